The van der Waals surface area contributed by atoms with Gasteiger partial charge in [-0.1, -0.05) is 32.0 Å². The topological polar surface area (TPSA) is 43.1 Å². The zero-order valence-corrected chi connectivity index (χ0v) is 10.8. The van der Waals surface area contributed by atoms with E-state index in [0.29, 0.717) is 18.4 Å². The van der Waals surface area contributed by atoms with Crippen LogP contribution in [0.5, 0.6) is 0 Å². The Morgan fingerprint density at radius 3 is 2.16 bits per heavy atom. The summed E-state index contributed by atoms with van der Waals surface area (Å²) in [5.41, 5.74) is 5.15. The smallest absolute Gasteiger partial charge is 0.366 e. The number of primary amides is 1. The van der Waals surface area contributed by atoms with Crippen molar-refractivity contribution in [2.45, 2.75) is 32.9 Å². The monoisotopic (exact) mass is 271 g/mol. The third-order valence-electron chi connectivity index (χ3n) is 2.93. The molecule has 5 heteroatoms. The van der Waals surface area contributed by atoms with E-state index in [1.165, 1.54) is 18.2 Å². The van der Waals surface area contributed by atoms with Crippen LogP contribution in [0, 0.1) is 0 Å². The van der Waals surface area contributed by atoms with Crippen LogP contribution in [0.2, 0.25) is 0 Å². The third-order valence-corrected chi connectivity index (χ3v) is 2.93. The summed E-state index contributed by atoms with van der Waals surface area (Å²) >= 11 is 0. The van der Waals surface area contributed by atoms with Crippen LogP contribution in [-0.2, 0) is 11.0 Å². The molecule has 0 spiro atoms. The van der Waals surface area contributed by atoms with Crippen molar-refractivity contribution in [2.75, 3.05) is 0 Å². The van der Waals surface area contributed by atoms with E-state index < -0.39 is 17.6 Å². The Kier molecular flexibility index (Phi) is 4.75. The molecule has 0 saturated heterocycles. The van der Waals surface area contributed by atoms with Crippen LogP contribution in [-0.4, -0.2) is 5.91 Å². The van der Waals surface area contributed by atoms with Crippen molar-refractivity contribution < 1.29 is 18.0 Å². The van der Waals surface area contributed by atoms with Gasteiger partial charge in [0.05, 0.1) is 5.56 Å². The number of halogens is 3. The van der Waals surface area contributed by atoms with Crippen LogP contribution >= 0.6 is 0 Å². The lowest BCUT2D eigenvalue weighted by molar-refractivity contribution is -0.137. The minimum absolute atomic E-state index is 0.0353. The first kappa shape index (κ1) is 15.3. The van der Waals surface area contributed by atoms with Gasteiger partial charge in [-0.25, -0.2) is 0 Å². The first-order chi connectivity index (χ1) is 8.82. The maximum absolute atomic E-state index is 13.0. The molecule has 0 unspecified atom stereocenters. The minimum atomic E-state index is -4.45. The second kappa shape index (κ2) is 5.91. The molecule has 0 aliphatic rings. The summed E-state index contributed by atoms with van der Waals surface area (Å²) in [5.74, 6) is -0.670. The van der Waals surface area contributed by atoms with Gasteiger partial charge in [0.15, 0.2) is 0 Å². The van der Waals surface area contributed by atoms with Crippen molar-refractivity contribution in [1.29, 1.82) is 0 Å². The fraction of sp³-hybridized carbons (Fsp3) is 0.357. The van der Waals surface area contributed by atoms with Gasteiger partial charge in [-0.3, -0.25) is 4.79 Å². The van der Waals surface area contributed by atoms with Crippen molar-refractivity contribution in [3.8, 4) is 0 Å². The van der Waals surface area contributed by atoms with E-state index in [-0.39, 0.29) is 11.1 Å². The highest BCUT2D eigenvalue weighted by molar-refractivity contribution is 6.00. The maximum atomic E-state index is 13.0. The molecule has 1 aromatic carbocycles. The Labute approximate surface area is 110 Å². The summed E-state index contributed by atoms with van der Waals surface area (Å²) in [7, 11) is 0. The van der Waals surface area contributed by atoms with Gasteiger partial charge in [0, 0.05) is 5.57 Å². The largest absolute Gasteiger partial charge is 0.416 e. The Balaban J connectivity index is 3.55. The van der Waals surface area contributed by atoms with Crippen molar-refractivity contribution in [1.82, 2.24) is 0 Å². The molecule has 1 amide bonds. The molecule has 0 saturated carbocycles. The van der Waals surface area contributed by atoms with Crippen molar-refractivity contribution in [3.63, 3.8) is 0 Å². The molecule has 1 rings (SSSR count). The van der Waals surface area contributed by atoms with E-state index in [4.69, 9.17) is 5.73 Å². The quantitative estimate of drug-likeness (QED) is 0.832. The predicted molar refractivity (Wildman–Crippen MR) is 68.1 cm³/mol. The number of rotatable bonds is 4. The van der Waals surface area contributed by atoms with Crippen LogP contribution in [0.15, 0.2) is 29.8 Å². The molecule has 2 nitrogen and oxygen atoms in total. The zero-order chi connectivity index (χ0) is 14.6. The van der Waals surface area contributed by atoms with E-state index in [1.54, 1.807) is 13.8 Å². The first-order valence-electron chi connectivity index (χ1n) is 6.01. The summed E-state index contributed by atoms with van der Waals surface area (Å²) < 4.78 is 38.9. The highest BCUT2D eigenvalue weighted by Gasteiger charge is 2.34. The summed E-state index contributed by atoms with van der Waals surface area (Å²) in [6.45, 7) is 3.41. The van der Waals surface area contributed by atoms with E-state index in [0.717, 1.165) is 6.07 Å². The maximum Gasteiger partial charge on any atom is 0.416 e. The van der Waals surface area contributed by atoms with E-state index in [2.05, 4.69) is 0 Å². The molecule has 104 valence electrons. The van der Waals surface area contributed by atoms with Crippen molar-refractivity contribution in [2.24, 2.45) is 5.73 Å². The predicted octanol–water partition coefficient (Wildman–Crippen LogP) is 3.76. The third kappa shape index (κ3) is 3.36. The van der Waals surface area contributed by atoms with Gasteiger partial charge in [-0.15, -0.1) is 0 Å². The summed E-state index contributed by atoms with van der Waals surface area (Å²) in [4.78, 5) is 11.3. The molecule has 0 aliphatic carbocycles. The number of benzene rings is 1. The van der Waals surface area contributed by atoms with Gasteiger partial charge in [0.25, 0.3) is 0 Å². The number of allylic oxidation sites excluding steroid dienone is 1. The average molecular weight is 271 g/mol. The van der Waals surface area contributed by atoms with Gasteiger partial charge in [0.1, 0.15) is 0 Å². The lowest BCUT2D eigenvalue weighted by atomic mass is 9.92. The Hall–Kier alpha value is -1.78. The molecule has 19 heavy (non-hydrogen) atoms. The Bertz CT molecular complexity index is 504. The van der Waals surface area contributed by atoms with E-state index in [1.807, 2.05) is 0 Å². The van der Waals surface area contributed by atoms with E-state index in [9.17, 15) is 18.0 Å². The van der Waals surface area contributed by atoms with Gasteiger partial charge in [-0.2, -0.15) is 13.2 Å². The second-order valence-electron chi connectivity index (χ2n) is 4.07. The van der Waals surface area contributed by atoms with E-state index >= 15 is 0 Å². The highest BCUT2D eigenvalue weighted by Crippen LogP contribution is 2.37. The summed E-state index contributed by atoms with van der Waals surface area (Å²) in [6.07, 6.45) is -3.82. The number of carbonyl (C=O) groups excluding carboxylic acids is 1. The van der Waals surface area contributed by atoms with Crippen LogP contribution < -0.4 is 5.73 Å². The number of hydrogen-bond donors (Lipinski definition) is 1. The number of amides is 1. The second-order valence-corrected chi connectivity index (χ2v) is 4.07. The van der Waals surface area contributed by atoms with Crippen LogP contribution in [0.4, 0.5) is 13.2 Å². The van der Waals surface area contributed by atoms with Gasteiger partial charge >= 0.3 is 6.18 Å². The fourth-order valence-electron chi connectivity index (χ4n) is 2.10. The molecule has 0 aromatic heterocycles. The van der Waals surface area contributed by atoms with Crippen molar-refractivity contribution >= 4 is 11.5 Å². The van der Waals surface area contributed by atoms with Gasteiger partial charge in [-0.05, 0) is 30.0 Å². The minimum Gasteiger partial charge on any atom is -0.366 e. The molecule has 0 radical (unpaired) electrons. The fourth-order valence-corrected chi connectivity index (χ4v) is 2.10. The molecule has 0 atom stereocenters. The molecule has 0 heterocycles. The van der Waals surface area contributed by atoms with Crippen molar-refractivity contribution in [3.05, 3.63) is 41.0 Å². The first-order valence-corrected chi connectivity index (χ1v) is 6.01. The lowest BCUT2D eigenvalue weighted by Crippen LogP contribution is -2.16. The molecular weight excluding hydrogens is 255 g/mol. The number of alkyl halides is 3. The Morgan fingerprint density at radius 1 is 1.16 bits per heavy atom. The van der Waals surface area contributed by atoms with Gasteiger partial charge < -0.3 is 5.73 Å². The molecule has 2 N–H and O–H groups in total. The molecule has 0 bridgehead atoms. The SMILES string of the molecule is CCC(C(N)=O)=C(CC)c1ccccc1C(F)(F)F. The summed E-state index contributed by atoms with van der Waals surface area (Å²) in [6, 6.07) is 5.24. The molecule has 0 fully saturated rings. The van der Waals surface area contributed by atoms with Crippen LogP contribution in [0.3, 0.4) is 0 Å². The normalized spacial score (nSPS) is 13.1. The lowest BCUT2D eigenvalue weighted by Gasteiger charge is -2.16. The molecule has 1 aromatic rings. The van der Waals surface area contributed by atoms with Crippen LogP contribution in [0.25, 0.3) is 5.57 Å². The van der Waals surface area contributed by atoms with Crippen LogP contribution in [0.1, 0.15) is 37.8 Å². The molecular formula is C14H16F3NO. The zero-order valence-electron chi connectivity index (χ0n) is 10.8. The standard InChI is InChI=1S/C14H16F3NO/c1-3-9(10(4-2)13(18)19)11-7-5-6-8-12(11)14(15,16)17/h5-8H,3-4H2,1-2H3,(H2,18,19). The number of hydrogen-bond acceptors (Lipinski definition) is 1. The number of nitrogens with two attached hydrogens (primary N) is 1. The average Bonchev–Trinajstić information content (AvgIpc) is 2.34. The Morgan fingerprint density at radius 2 is 1.74 bits per heavy atom. The molecule has 0 aliphatic heterocycles. The van der Waals surface area contributed by atoms with Gasteiger partial charge in [0.2, 0.25) is 5.91 Å². The summed E-state index contributed by atoms with van der Waals surface area (Å²) in [5, 5.41) is 0. The highest BCUT2D eigenvalue weighted by atomic mass is 19.4. The number of carbonyl (C=O) groups is 1.